The Balaban J connectivity index is 3.11. The van der Waals surface area contributed by atoms with E-state index in [0.717, 1.165) is 0 Å². The van der Waals surface area contributed by atoms with Crippen LogP contribution in [0.25, 0.3) is 0 Å². The molecule has 5 heteroatoms. The van der Waals surface area contributed by atoms with Gasteiger partial charge in [-0.25, -0.2) is 0 Å². The summed E-state index contributed by atoms with van der Waals surface area (Å²) < 4.78 is 32.5. The minimum absolute atomic E-state index is 0.0343. The third kappa shape index (κ3) is 6.13. The van der Waals surface area contributed by atoms with E-state index in [1.54, 1.807) is 6.92 Å². The lowest BCUT2D eigenvalue weighted by Crippen LogP contribution is -2.61. The fourth-order valence-electron chi connectivity index (χ4n) is 0.172. The Labute approximate surface area is 49.4 Å². The van der Waals surface area contributed by atoms with Gasteiger partial charge in [-0.15, -0.1) is 0 Å². The van der Waals surface area contributed by atoms with Crippen LogP contribution in [0.3, 0.4) is 0 Å². The molecule has 0 amide bonds. The van der Waals surface area contributed by atoms with E-state index in [1.807, 2.05) is 0 Å². The second-order valence-corrected chi connectivity index (χ2v) is 2.17. The molecule has 0 saturated heterocycles. The van der Waals surface area contributed by atoms with Crippen LogP contribution in [0.15, 0.2) is 0 Å². The van der Waals surface area contributed by atoms with Gasteiger partial charge in [-0.2, -0.15) is 14.0 Å². The van der Waals surface area contributed by atoms with Crippen molar-refractivity contribution in [2.75, 3.05) is 6.61 Å². The van der Waals surface area contributed by atoms with Crippen molar-refractivity contribution in [1.82, 2.24) is 0 Å². The molecule has 0 bridgehead atoms. The molecule has 0 unspecified atom stereocenters. The molecule has 0 aliphatic heterocycles. The molecule has 0 aromatic rings. The number of rotatable bonds is 3. The zero-order valence-electron chi connectivity index (χ0n) is 4.43. The first-order valence-electron chi connectivity index (χ1n) is 2.11. The first-order chi connectivity index (χ1) is 3.56. The molecular formula is C3H7ClO4. The minimum Gasteiger partial charge on any atom is -0.183 e. The molecule has 0 fully saturated rings. The van der Waals surface area contributed by atoms with Crippen LogP contribution >= 0.6 is 0 Å². The van der Waals surface area contributed by atoms with Crippen LogP contribution in [0.2, 0.25) is 0 Å². The average molecular weight is 143 g/mol. The summed E-state index contributed by atoms with van der Waals surface area (Å²) in [5.74, 6) is 0. The molecule has 0 atom stereocenters. The average Bonchev–Trinajstić information content (AvgIpc) is 1.59. The van der Waals surface area contributed by atoms with Crippen molar-refractivity contribution in [2.24, 2.45) is 0 Å². The van der Waals surface area contributed by atoms with Crippen molar-refractivity contribution in [3.63, 3.8) is 0 Å². The molecule has 0 spiro atoms. The molecule has 0 N–H and O–H groups in total. The Morgan fingerprint density at radius 3 is 2.00 bits per heavy atom. The highest BCUT2D eigenvalue weighted by atomic mass is 35.7. The van der Waals surface area contributed by atoms with Crippen molar-refractivity contribution in [3.05, 3.63) is 0 Å². The number of hydrogen-bond donors (Lipinski definition) is 0. The van der Waals surface area contributed by atoms with Gasteiger partial charge < -0.3 is 0 Å². The Morgan fingerprint density at radius 1 is 1.38 bits per heavy atom. The second kappa shape index (κ2) is 3.21. The molecule has 0 heterocycles. The Kier molecular flexibility index (Phi) is 3.27. The highest BCUT2D eigenvalue weighted by Crippen LogP contribution is 1.88. The Morgan fingerprint density at radius 2 is 1.88 bits per heavy atom. The van der Waals surface area contributed by atoms with E-state index in [1.165, 1.54) is 0 Å². The normalized spacial score (nSPS) is 12.0. The molecule has 0 aliphatic rings. The maximum atomic E-state index is 9.58. The maximum absolute atomic E-state index is 9.58. The Bertz CT molecular complexity index is 58.8. The molecule has 0 aliphatic carbocycles. The molecular weight excluding hydrogens is 135 g/mol. The first kappa shape index (κ1) is 8.13. The lowest BCUT2D eigenvalue weighted by atomic mass is 10.5. The van der Waals surface area contributed by atoms with E-state index < -0.39 is 10.2 Å². The lowest BCUT2D eigenvalue weighted by Gasteiger charge is -2.11. The molecule has 50 valence electrons. The van der Waals surface area contributed by atoms with Crippen LogP contribution in [0.5, 0.6) is 0 Å². The summed E-state index contributed by atoms with van der Waals surface area (Å²) in [6, 6.07) is 0. The summed E-state index contributed by atoms with van der Waals surface area (Å²) >= 11 is 0. The monoisotopic (exact) mass is 142 g/mol. The van der Waals surface area contributed by atoms with E-state index in [9.17, 15) is 14.0 Å². The third-order valence-electron chi connectivity index (χ3n) is 0.415. The molecule has 8 heavy (non-hydrogen) atoms. The van der Waals surface area contributed by atoms with E-state index in [-0.39, 0.29) is 6.61 Å². The van der Waals surface area contributed by atoms with E-state index >= 15 is 0 Å². The third-order valence-corrected chi connectivity index (χ3v) is 0.836. The summed E-state index contributed by atoms with van der Waals surface area (Å²) in [6.45, 7) is 1.67. The SMILES string of the molecule is CCCO[Cl+3]([O-])([O-])[O-]. The summed E-state index contributed by atoms with van der Waals surface area (Å²) in [6.07, 6.45) is 0.522. The zero-order chi connectivity index (χ0) is 6.62. The van der Waals surface area contributed by atoms with Gasteiger partial charge in [-0.1, -0.05) is 6.92 Å². The zero-order valence-corrected chi connectivity index (χ0v) is 5.18. The van der Waals surface area contributed by atoms with Gasteiger partial charge in [-0.3, -0.25) is 0 Å². The summed E-state index contributed by atoms with van der Waals surface area (Å²) in [5.41, 5.74) is 0. The van der Waals surface area contributed by atoms with Gasteiger partial charge >= 0.3 is 0 Å². The summed E-state index contributed by atoms with van der Waals surface area (Å²) in [7, 11) is -4.19. The summed E-state index contributed by atoms with van der Waals surface area (Å²) in [4.78, 5) is 0. The molecule has 0 aromatic carbocycles. The predicted molar refractivity (Wildman–Crippen MR) is 16.2 cm³/mol. The number of hydrogen-bond acceptors (Lipinski definition) is 4. The molecule has 4 nitrogen and oxygen atoms in total. The molecule has 0 aromatic heterocycles. The predicted octanol–water partition coefficient (Wildman–Crippen LogP) is -2.69. The van der Waals surface area contributed by atoms with Crippen LogP contribution < -0.4 is 14.0 Å². The number of halogens is 1. The van der Waals surface area contributed by atoms with Crippen LogP contribution in [0.4, 0.5) is 0 Å². The fraction of sp³-hybridized carbons (Fsp3) is 1.00. The highest BCUT2D eigenvalue weighted by molar-refractivity contribution is 4.12. The summed E-state index contributed by atoms with van der Waals surface area (Å²) in [5, 5.41) is 0. The molecule has 0 saturated carbocycles. The van der Waals surface area contributed by atoms with Crippen molar-refractivity contribution in [3.8, 4) is 0 Å². The van der Waals surface area contributed by atoms with Crippen molar-refractivity contribution in [2.45, 2.75) is 13.3 Å². The van der Waals surface area contributed by atoms with Crippen molar-refractivity contribution >= 4 is 0 Å². The minimum atomic E-state index is -4.19. The van der Waals surface area contributed by atoms with Gasteiger partial charge in [0, 0.05) is 0 Å². The standard InChI is InChI=1S/C3H7ClO4/c1-2-3-8-4(5,6)7/h2-3H2,1H3. The maximum Gasteiger partial charge on any atom is 0.203 e. The van der Waals surface area contributed by atoms with Crippen LogP contribution in [0, 0.1) is 10.2 Å². The van der Waals surface area contributed by atoms with Crippen LogP contribution in [-0.2, 0) is 4.29 Å². The smallest absolute Gasteiger partial charge is 0.183 e. The van der Waals surface area contributed by atoms with Crippen molar-refractivity contribution in [1.29, 1.82) is 0 Å². The highest BCUT2D eigenvalue weighted by Gasteiger charge is 2.14. The van der Waals surface area contributed by atoms with Gasteiger partial charge in [0.25, 0.3) is 0 Å². The van der Waals surface area contributed by atoms with Crippen LogP contribution in [-0.4, -0.2) is 6.61 Å². The quantitative estimate of drug-likeness (QED) is 0.430. The lowest BCUT2D eigenvalue weighted by molar-refractivity contribution is -1.92. The van der Waals surface area contributed by atoms with Gasteiger partial charge in [-0.05, 0) is 6.42 Å². The van der Waals surface area contributed by atoms with E-state index in [4.69, 9.17) is 0 Å². The van der Waals surface area contributed by atoms with Crippen molar-refractivity contribution < 1.29 is 28.5 Å². The van der Waals surface area contributed by atoms with Crippen LogP contribution in [0.1, 0.15) is 13.3 Å². The van der Waals surface area contributed by atoms with E-state index in [0.29, 0.717) is 6.42 Å². The molecule has 0 radical (unpaired) electrons. The van der Waals surface area contributed by atoms with Gasteiger partial charge in [0.15, 0.2) is 0 Å². The Hall–Kier alpha value is 0.130. The fourth-order valence-corrected chi connectivity index (χ4v) is 0.515. The topological polar surface area (TPSA) is 78.4 Å². The first-order valence-corrected chi connectivity index (χ1v) is 3.35. The largest absolute Gasteiger partial charge is 0.203 e. The van der Waals surface area contributed by atoms with E-state index in [2.05, 4.69) is 4.29 Å². The molecule has 0 rings (SSSR count). The second-order valence-electron chi connectivity index (χ2n) is 1.19. The van der Waals surface area contributed by atoms with Gasteiger partial charge in [0.05, 0.1) is 14.5 Å². The van der Waals surface area contributed by atoms with Gasteiger partial charge in [0.2, 0.25) is 6.61 Å². The van der Waals surface area contributed by atoms with Gasteiger partial charge in [0.1, 0.15) is 0 Å².